The lowest BCUT2D eigenvalue weighted by Crippen LogP contribution is -2.20. The van der Waals surface area contributed by atoms with Gasteiger partial charge in [-0.25, -0.2) is 4.79 Å². The lowest BCUT2D eigenvalue weighted by atomic mass is 10.1. The molecule has 0 saturated heterocycles. The van der Waals surface area contributed by atoms with Gasteiger partial charge in [0, 0.05) is 11.4 Å². The second-order valence-electron chi connectivity index (χ2n) is 4.85. The fourth-order valence-electron chi connectivity index (χ4n) is 1.96. The Morgan fingerprint density at radius 3 is 2.43 bits per heavy atom. The molecule has 0 aliphatic rings. The van der Waals surface area contributed by atoms with E-state index in [0.29, 0.717) is 6.61 Å². The number of urea groups is 1. The number of amides is 2. The van der Waals surface area contributed by atoms with E-state index in [9.17, 15) is 4.79 Å². The number of anilines is 2. The first-order chi connectivity index (χ1) is 10.1. The van der Waals surface area contributed by atoms with E-state index >= 15 is 0 Å². The maximum Gasteiger partial charge on any atom is 0.323 e. The molecule has 0 aromatic heterocycles. The normalized spacial score (nSPS) is 10.0. The zero-order chi connectivity index (χ0) is 15.2. The molecule has 0 saturated carbocycles. The van der Waals surface area contributed by atoms with E-state index in [-0.39, 0.29) is 6.03 Å². The molecule has 4 nitrogen and oxygen atoms in total. The standard InChI is InChI=1S/C17H20N2O2/c1-4-21-15-9-7-14(8-10-15)18-17(20)19-16-11-12(2)5-6-13(16)3/h5-11H,4H2,1-3H3,(H2,18,19,20). The van der Waals surface area contributed by atoms with Crippen LogP contribution in [-0.4, -0.2) is 12.6 Å². The molecule has 0 heterocycles. The van der Waals surface area contributed by atoms with Gasteiger partial charge in [0.15, 0.2) is 0 Å². The molecule has 0 fully saturated rings. The Labute approximate surface area is 125 Å². The summed E-state index contributed by atoms with van der Waals surface area (Å²) in [6, 6.07) is 13.0. The quantitative estimate of drug-likeness (QED) is 0.877. The summed E-state index contributed by atoms with van der Waals surface area (Å²) in [6.07, 6.45) is 0. The number of aryl methyl sites for hydroxylation is 2. The molecule has 21 heavy (non-hydrogen) atoms. The second-order valence-corrected chi connectivity index (χ2v) is 4.85. The summed E-state index contributed by atoms with van der Waals surface area (Å²) < 4.78 is 5.36. The van der Waals surface area contributed by atoms with Gasteiger partial charge in [-0.2, -0.15) is 0 Å². The third-order valence-electron chi connectivity index (χ3n) is 3.06. The predicted molar refractivity (Wildman–Crippen MR) is 86.2 cm³/mol. The van der Waals surface area contributed by atoms with Crippen LogP contribution in [0.2, 0.25) is 0 Å². The van der Waals surface area contributed by atoms with Gasteiger partial charge in [0.1, 0.15) is 5.75 Å². The SMILES string of the molecule is CCOc1ccc(NC(=O)Nc2cc(C)ccc2C)cc1. The number of ether oxygens (including phenoxy) is 1. The van der Waals surface area contributed by atoms with Gasteiger partial charge >= 0.3 is 6.03 Å². The minimum atomic E-state index is -0.257. The monoisotopic (exact) mass is 284 g/mol. The number of benzene rings is 2. The summed E-state index contributed by atoms with van der Waals surface area (Å²) in [5.41, 5.74) is 3.68. The van der Waals surface area contributed by atoms with Gasteiger partial charge in [-0.15, -0.1) is 0 Å². The highest BCUT2D eigenvalue weighted by molar-refractivity contribution is 6.00. The Morgan fingerprint density at radius 2 is 1.76 bits per heavy atom. The topological polar surface area (TPSA) is 50.4 Å². The molecule has 0 radical (unpaired) electrons. The number of hydrogen-bond donors (Lipinski definition) is 2. The molecule has 110 valence electrons. The van der Waals surface area contributed by atoms with E-state index in [1.165, 1.54) is 0 Å². The molecule has 0 bridgehead atoms. The molecule has 2 N–H and O–H groups in total. The zero-order valence-electron chi connectivity index (χ0n) is 12.6. The van der Waals surface area contributed by atoms with Crippen LogP contribution in [0, 0.1) is 13.8 Å². The Kier molecular flexibility index (Phi) is 4.82. The lowest BCUT2D eigenvalue weighted by molar-refractivity contribution is 0.262. The van der Waals surface area contributed by atoms with E-state index in [1.807, 2.05) is 63.2 Å². The molecule has 0 spiro atoms. The molecule has 2 amide bonds. The Morgan fingerprint density at radius 1 is 1.05 bits per heavy atom. The highest BCUT2D eigenvalue weighted by Gasteiger charge is 2.05. The number of hydrogen-bond acceptors (Lipinski definition) is 2. The van der Waals surface area contributed by atoms with Crippen LogP contribution in [0.15, 0.2) is 42.5 Å². The summed E-state index contributed by atoms with van der Waals surface area (Å²) in [6.45, 7) is 6.52. The maximum atomic E-state index is 12.0. The van der Waals surface area contributed by atoms with Crippen molar-refractivity contribution in [1.29, 1.82) is 0 Å². The lowest BCUT2D eigenvalue weighted by Gasteiger charge is -2.11. The van der Waals surface area contributed by atoms with Crippen LogP contribution in [0.1, 0.15) is 18.1 Å². The van der Waals surface area contributed by atoms with Crippen LogP contribution in [0.25, 0.3) is 0 Å². The van der Waals surface area contributed by atoms with E-state index in [2.05, 4.69) is 10.6 Å². The van der Waals surface area contributed by atoms with Crippen molar-refractivity contribution in [2.45, 2.75) is 20.8 Å². The molecule has 0 atom stereocenters. The van der Waals surface area contributed by atoms with Gasteiger partial charge in [-0.05, 0) is 62.2 Å². The highest BCUT2D eigenvalue weighted by atomic mass is 16.5. The van der Waals surface area contributed by atoms with Gasteiger partial charge in [0.05, 0.1) is 6.61 Å². The van der Waals surface area contributed by atoms with Crippen molar-refractivity contribution in [3.8, 4) is 5.75 Å². The smallest absolute Gasteiger partial charge is 0.323 e. The van der Waals surface area contributed by atoms with Crippen molar-refractivity contribution >= 4 is 17.4 Å². The molecule has 0 aliphatic carbocycles. The van der Waals surface area contributed by atoms with Gasteiger partial charge in [-0.1, -0.05) is 12.1 Å². The van der Waals surface area contributed by atoms with Gasteiger partial charge < -0.3 is 15.4 Å². The average molecular weight is 284 g/mol. The average Bonchev–Trinajstić information content (AvgIpc) is 2.45. The minimum Gasteiger partial charge on any atom is -0.494 e. The van der Waals surface area contributed by atoms with Crippen molar-refractivity contribution < 1.29 is 9.53 Å². The molecule has 0 aliphatic heterocycles. The van der Waals surface area contributed by atoms with Crippen LogP contribution < -0.4 is 15.4 Å². The van der Waals surface area contributed by atoms with E-state index in [4.69, 9.17) is 4.74 Å². The first kappa shape index (κ1) is 14.9. The fourth-order valence-corrected chi connectivity index (χ4v) is 1.96. The number of carbonyl (C=O) groups excluding carboxylic acids is 1. The van der Waals surface area contributed by atoms with Gasteiger partial charge in [0.2, 0.25) is 0 Å². The molecular formula is C17H20N2O2. The third-order valence-corrected chi connectivity index (χ3v) is 3.06. The van der Waals surface area contributed by atoms with Gasteiger partial charge in [-0.3, -0.25) is 0 Å². The largest absolute Gasteiger partial charge is 0.494 e. The fraction of sp³-hybridized carbons (Fsp3) is 0.235. The van der Waals surface area contributed by atoms with E-state index in [1.54, 1.807) is 0 Å². The highest BCUT2D eigenvalue weighted by Crippen LogP contribution is 2.18. The first-order valence-corrected chi connectivity index (χ1v) is 6.96. The van der Waals surface area contributed by atoms with E-state index < -0.39 is 0 Å². The number of rotatable bonds is 4. The Bertz CT molecular complexity index is 621. The van der Waals surface area contributed by atoms with Crippen LogP contribution in [0.3, 0.4) is 0 Å². The predicted octanol–water partition coefficient (Wildman–Crippen LogP) is 4.35. The summed E-state index contributed by atoms with van der Waals surface area (Å²) >= 11 is 0. The van der Waals surface area contributed by atoms with Crippen LogP contribution >= 0.6 is 0 Å². The van der Waals surface area contributed by atoms with E-state index in [0.717, 1.165) is 28.3 Å². The molecule has 2 aromatic rings. The van der Waals surface area contributed by atoms with Crippen molar-refractivity contribution in [1.82, 2.24) is 0 Å². The van der Waals surface area contributed by atoms with Crippen LogP contribution in [0.4, 0.5) is 16.2 Å². The molecule has 4 heteroatoms. The van der Waals surface area contributed by atoms with Crippen molar-refractivity contribution in [2.75, 3.05) is 17.2 Å². The summed E-state index contributed by atoms with van der Waals surface area (Å²) in [4.78, 5) is 12.0. The molecule has 0 unspecified atom stereocenters. The van der Waals surface area contributed by atoms with Crippen molar-refractivity contribution in [3.63, 3.8) is 0 Å². The van der Waals surface area contributed by atoms with Crippen molar-refractivity contribution in [3.05, 3.63) is 53.6 Å². The Balaban J connectivity index is 1.99. The van der Waals surface area contributed by atoms with Gasteiger partial charge in [0.25, 0.3) is 0 Å². The maximum absolute atomic E-state index is 12.0. The summed E-state index contributed by atoms with van der Waals surface area (Å²) in [7, 11) is 0. The van der Waals surface area contributed by atoms with Crippen LogP contribution in [-0.2, 0) is 0 Å². The second kappa shape index (κ2) is 6.79. The minimum absolute atomic E-state index is 0.257. The third kappa shape index (κ3) is 4.24. The number of nitrogens with one attached hydrogen (secondary N) is 2. The summed E-state index contributed by atoms with van der Waals surface area (Å²) in [5, 5.41) is 5.66. The molecule has 2 aromatic carbocycles. The number of carbonyl (C=O) groups is 1. The first-order valence-electron chi connectivity index (χ1n) is 6.96. The van der Waals surface area contributed by atoms with Crippen molar-refractivity contribution in [2.24, 2.45) is 0 Å². The molecule has 2 rings (SSSR count). The zero-order valence-corrected chi connectivity index (χ0v) is 12.6. The Hall–Kier alpha value is -2.49. The van der Waals surface area contributed by atoms with Crippen LogP contribution in [0.5, 0.6) is 5.75 Å². The summed E-state index contributed by atoms with van der Waals surface area (Å²) in [5.74, 6) is 0.790. The molecular weight excluding hydrogens is 264 g/mol.